The van der Waals surface area contributed by atoms with E-state index in [-0.39, 0.29) is 5.91 Å². The number of aromatic nitrogens is 1. The molecule has 0 radical (unpaired) electrons. The van der Waals surface area contributed by atoms with Gasteiger partial charge in [0.1, 0.15) is 0 Å². The second kappa shape index (κ2) is 9.59. The van der Waals surface area contributed by atoms with Crippen molar-refractivity contribution in [1.29, 1.82) is 0 Å². The van der Waals surface area contributed by atoms with Crippen LogP contribution in [0.3, 0.4) is 0 Å². The smallest absolute Gasteiger partial charge is 0.254 e. The number of hydrogen-bond donors (Lipinski definition) is 0. The minimum atomic E-state index is 0.0848. The topological polar surface area (TPSA) is 36.4 Å². The van der Waals surface area contributed by atoms with Crippen molar-refractivity contribution in [3.8, 4) is 0 Å². The van der Waals surface area contributed by atoms with Crippen molar-refractivity contribution in [2.75, 3.05) is 31.1 Å². The first-order chi connectivity index (χ1) is 16.2. The molecule has 2 heterocycles. The Labute approximate surface area is 198 Å². The van der Waals surface area contributed by atoms with Crippen LogP contribution in [0.4, 0.5) is 5.13 Å². The van der Waals surface area contributed by atoms with Gasteiger partial charge in [0.05, 0.1) is 10.2 Å². The van der Waals surface area contributed by atoms with Gasteiger partial charge in [-0.05, 0) is 41.3 Å². The molecule has 4 aromatic rings. The van der Waals surface area contributed by atoms with Crippen LogP contribution in [0.15, 0.2) is 78.9 Å². The maximum absolute atomic E-state index is 13.6. The predicted octanol–water partition coefficient (Wildman–Crippen LogP) is 5.75. The third-order valence-corrected chi connectivity index (χ3v) is 7.19. The highest BCUT2D eigenvalue weighted by Gasteiger charge is 2.26. The van der Waals surface area contributed by atoms with Crippen LogP contribution >= 0.6 is 11.3 Å². The highest BCUT2D eigenvalue weighted by atomic mass is 32.1. The summed E-state index contributed by atoms with van der Waals surface area (Å²) in [5.74, 6) is 0.0848. The largest absolute Gasteiger partial charge is 0.345 e. The van der Waals surface area contributed by atoms with E-state index in [1.165, 1.54) is 10.3 Å². The Balaban J connectivity index is 1.34. The minimum absolute atomic E-state index is 0.0848. The Morgan fingerprint density at radius 1 is 0.939 bits per heavy atom. The lowest BCUT2D eigenvalue weighted by Gasteiger charge is -2.35. The number of amides is 1. The number of thiazole rings is 1. The zero-order valence-corrected chi connectivity index (χ0v) is 19.6. The summed E-state index contributed by atoms with van der Waals surface area (Å²) in [5.41, 5.74) is 5.12. The number of rotatable bonds is 5. The van der Waals surface area contributed by atoms with Crippen LogP contribution in [0.25, 0.3) is 21.9 Å². The maximum Gasteiger partial charge on any atom is 0.254 e. The van der Waals surface area contributed by atoms with E-state index in [1.807, 2.05) is 71.6 Å². The monoisotopic (exact) mass is 453 g/mol. The van der Waals surface area contributed by atoms with Gasteiger partial charge in [0.2, 0.25) is 0 Å². The molecule has 0 saturated carbocycles. The van der Waals surface area contributed by atoms with E-state index in [4.69, 9.17) is 4.98 Å². The van der Waals surface area contributed by atoms with E-state index in [0.29, 0.717) is 13.1 Å². The normalized spacial score (nSPS) is 14.6. The summed E-state index contributed by atoms with van der Waals surface area (Å²) in [5, 5.41) is 1.05. The van der Waals surface area contributed by atoms with E-state index < -0.39 is 0 Å². The number of aryl methyl sites for hydroxylation is 1. The molecule has 0 aliphatic carbocycles. The van der Waals surface area contributed by atoms with Gasteiger partial charge in [-0.15, -0.1) is 0 Å². The molecule has 0 bridgehead atoms. The Kier molecular flexibility index (Phi) is 6.22. The molecule has 0 N–H and O–H groups in total. The predicted molar refractivity (Wildman–Crippen MR) is 139 cm³/mol. The van der Waals surface area contributed by atoms with Crippen molar-refractivity contribution in [3.05, 3.63) is 95.6 Å². The third-order valence-electron chi connectivity index (χ3n) is 6.11. The summed E-state index contributed by atoms with van der Waals surface area (Å²) >= 11 is 1.75. The number of hydrogen-bond acceptors (Lipinski definition) is 4. The average molecular weight is 454 g/mol. The number of fused-ring (bicyclic) bond motifs is 1. The fraction of sp³-hybridized carbons (Fsp3) is 0.214. The first-order valence-electron chi connectivity index (χ1n) is 11.5. The van der Waals surface area contributed by atoms with Crippen LogP contribution in [0, 0.1) is 0 Å². The quantitative estimate of drug-likeness (QED) is 0.285. The van der Waals surface area contributed by atoms with Crippen LogP contribution in [0.5, 0.6) is 0 Å². The summed E-state index contributed by atoms with van der Waals surface area (Å²) in [6.07, 6.45) is 3.03. The molecule has 5 rings (SSSR count). The van der Waals surface area contributed by atoms with Gasteiger partial charge in [-0.25, -0.2) is 4.98 Å². The van der Waals surface area contributed by atoms with Gasteiger partial charge in [-0.1, -0.05) is 85.0 Å². The average Bonchev–Trinajstić information content (AvgIpc) is 3.31. The maximum atomic E-state index is 13.6. The van der Waals surface area contributed by atoms with Crippen molar-refractivity contribution in [2.24, 2.45) is 0 Å². The van der Waals surface area contributed by atoms with Crippen molar-refractivity contribution in [3.63, 3.8) is 0 Å². The lowest BCUT2D eigenvalue weighted by Crippen LogP contribution is -2.49. The summed E-state index contributed by atoms with van der Waals surface area (Å²) in [6, 6.07) is 26.5. The molecule has 4 nitrogen and oxygen atoms in total. The van der Waals surface area contributed by atoms with Crippen LogP contribution < -0.4 is 4.90 Å². The second-order valence-electron chi connectivity index (χ2n) is 8.27. The highest BCUT2D eigenvalue weighted by Crippen LogP contribution is 2.31. The Bertz CT molecular complexity index is 1270. The SMILES string of the molecule is CCc1ccc2nc(N3CCN(C(=O)/C(=C\c4ccccc4)c4ccccc4)CC3)sc2c1. The number of nitrogens with zero attached hydrogens (tertiary/aromatic N) is 3. The van der Waals surface area contributed by atoms with Crippen LogP contribution in [0.2, 0.25) is 0 Å². The summed E-state index contributed by atoms with van der Waals surface area (Å²) in [4.78, 5) is 22.7. The van der Waals surface area contributed by atoms with Gasteiger partial charge < -0.3 is 9.80 Å². The van der Waals surface area contributed by atoms with Gasteiger partial charge in [0.15, 0.2) is 5.13 Å². The van der Waals surface area contributed by atoms with Gasteiger partial charge in [0, 0.05) is 31.8 Å². The molecule has 1 fully saturated rings. The fourth-order valence-electron chi connectivity index (χ4n) is 4.19. The second-order valence-corrected chi connectivity index (χ2v) is 9.28. The molecule has 0 unspecified atom stereocenters. The Morgan fingerprint density at radius 3 is 2.33 bits per heavy atom. The summed E-state index contributed by atoms with van der Waals surface area (Å²) in [6.45, 7) is 5.14. The van der Waals surface area contributed by atoms with Crippen LogP contribution in [-0.2, 0) is 11.2 Å². The minimum Gasteiger partial charge on any atom is -0.345 e. The highest BCUT2D eigenvalue weighted by molar-refractivity contribution is 7.22. The molecule has 1 aliphatic rings. The molecule has 166 valence electrons. The van der Waals surface area contributed by atoms with Crippen LogP contribution in [-0.4, -0.2) is 42.0 Å². The van der Waals surface area contributed by atoms with Gasteiger partial charge in [-0.2, -0.15) is 0 Å². The molecule has 33 heavy (non-hydrogen) atoms. The molecule has 3 aromatic carbocycles. The van der Waals surface area contributed by atoms with Gasteiger partial charge in [-0.3, -0.25) is 4.79 Å². The summed E-state index contributed by atoms with van der Waals surface area (Å²) < 4.78 is 1.24. The molecular formula is C28H27N3OS. The zero-order valence-electron chi connectivity index (χ0n) is 18.8. The van der Waals surface area contributed by atoms with Gasteiger partial charge in [0.25, 0.3) is 5.91 Å². The first-order valence-corrected chi connectivity index (χ1v) is 12.3. The van der Waals surface area contributed by atoms with Gasteiger partial charge >= 0.3 is 0 Å². The molecule has 1 aromatic heterocycles. The van der Waals surface area contributed by atoms with Crippen molar-refractivity contribution in [2.45, 2.75) is 13.3 Å². The molecular weight excluding hydrogens is 426 g/mol. The molecule has 1 aliphatic heterocycles. The number of piperazine rings is 1. The Morgan fingerprint density at radius 2 is 1.64 bits per heavy atom. The third kappa shape index (κ3) is 4.69. The van der Waals surface area contributed by atoms with E-state index in [2.05, 4.69) is 30.0 Å². The van der Waals surface area contributed by atoms with Crippen molar-refractivity contribution < 1.29 is 4.79 Å². The van der Waals surface area contributed by atoms with E-state index in [0.717, 1.165) is 46.9 Å². The standard InChI is InChI=1S/C28H27N3OS/c1-2-21-13-14-25-26(20-21)33-28(29-25)31-17-15-30(16-18-31)27(32)24(23-11-7-4-8-12-23)19-22-9-5-3-6-10-22/h3-14,19-20H,2,15-18H2,1H3/b24-19-. The van der Waals surface area contributed by atoms with E-state index >= 15 is 0 Å². The molecule has 1 amide bonds. The first kappa shape index (κ1) is 21.4. The Hall–Kier alpha value is -3.44. The van der Waals surface area contributed by atoms with Crippen LogP contribution in [0.1, 0.15) is 23.6 Å². The zero-order chi connectivity index (χ0) is 22.6. The van der Waals surface area contributed by atoms with E-state index in [9.17, 15) is 4.79 Å². The fourth-order valence-corrected chi connectivity index (χ4v) is 5.27. The molecule has 0 spiro atoms. The molecule has 5 heteroatoms. The lowest BCUT2D eigenvalue weighted by molar-refractivity contribution is -0.125. The number of carbonyl (C=O) groups excluding carboxylic acids is 1. The lowest BCUT2D eigenvalue weighted by atomic mass is 10.0. The van der Waals surface area contributed by atoms with Crippen molar-refractivity contribution in [1.82, 2.24) is 9.88 Å². The number of anilines is 1. The van der Waals surface area contributed by atoms with E-state index in [1.54, 1.807) is 11.3 Å². The molecule has 0 atom stereocenters. The van der Waals surface area contributed by atoms with Crippen molar-refractivity contribution >= 4 is 44.2 Å². The number of benzene rings is 3. The summed E-state index contributed by atoms with van der Waals surface area (Å²) in [7, 11) is 0. The molecule has 1 saturated heterocycles. The number of carbonyl (C=O) groups is 1.